The molecule has 2 amide bonds. The number of hydrogen-bond acceptors (Lipinski definition) is 4. The first-order valence-corrected chi connectivity index (χ1v) is 5.66. The third-order valence-electron chi connectivity index (χ3n) is 2.03. The number of amides is 2. The van der Waals surface area contributed by atoms with Crippen molar-refractivity contribution in [2.24, 2.45) is 5.84 Å². The number of nitrogens with one attached hydrogen (secondary N) is 1. The van der Waals surface area contributed by atoms with Crippen LogP contribution in [-0.2, 0) is 9.53 Å². The van der Waals surface area contributed by atoms with Gasteiger partial charge in [0.05, 0.1) is 0 Å². The minimum absolute atomic E-state index is 0.169. The van der Waals surface area contributed by atoms with Crippen molar-refractivity contribution in [3.8, 4) is 0 Å². The Bertz CT molecular complexity index is 272. The van der Waals surface area contributed by atoms with E-state index in [2.05, 4.69) is 5.32 Å². The second-order valence-electron chi connectivity index (χ2n) is 4.96. The molecule has 1 atom stereocenters. The van der Waals surface area contributed by atoms with Crippen molar-refractivity contribution in [1.29, 1.82) is 0 Å². The Labute approximate surface area is 102 Å². The molecular formula is C11H23N3O3. The summed E-state index contributed by atoms with van der Waals surface area (Å²) in [6.45, 7) is 7.23. The highest BCUT2D eigenvalue weighted by atomic mass is 16.6. The van der Waals surface area contributed by atoms with Gasteiger partial charge in [0.2, 0.25) is 5.91 Å². The van der Waals surface area contributed by atoms with Gasteiger partial charge in [-0.3, -0.25) is 9.80 Å². The molecule has 6 heteroatoms. The summed E-state index contributed by atoms with van der Waals surface area (Å²) in [7, 11) is 1.47. The summed E-state index contributed by atoms with van der Waals surface area (Å²) in [6.07, 6.45) is 0.290. The highest BCUT2D eigenvalue weighted by Gasteiger charge is 2.20. The van der Waals surface area contributed by atoms with Gasteiger partial charge in [-0.1, -0.05) is 6.92 Å². The molecule has 3 N–H and O–H groups in total. The van der Waals surface area contributed by atoms with E-state index in [9.17, 15) is 9.59 Å². The fraction of sp³-hybridized carbons (Fsp3) is 0.818. The van der Waals surface area contributed by atoms with Crippen molar-refractivity contribution in [1.82, 2.24) is 10.3 Å². The number of hydrazine groups is 1. The van der Waals surface area contributed by atoms with Crippen LogP contribution in [0.1, 0.15) is 40.5 Å². The van der Waals surface area contributed by atoms with Crippen LogP contribution in [-0.4, -0.2) is 35.7 Å². The maximum atomic E-state index is 11.5. The third kappa shape index (κ3) is 7.57. The molecule has 0 saturated heterocycles. The minimum atomic E-state index is -0.545. The molecule has 0 aliphatic rings. The van der Waals surface area contributed by atoms with Gasteiger partial charge in [-0.2, -0.15) is 0 Å². The fourth-order valence-electron chi connectivity index (χ4n) is 1.13. The topological polar surface area (TPSA) is 84.7 Å². The van der Waals surface area contributed by atoms with Gasteiger partial charge in [-0.25, -0.2) is 10.6 Å². The van der Waals surface area contributed by atoms with Crippen molar-refractivity contribution in [2.45, 2.75) is 52.2 Å². The molecule has 17 heavy (non-hydrogen) atoms. The highest BCUT2D eigenvalue weighted by Crippen LogP contribution is 2.08. The molecule has 0 aromatic heterocycles. The molecule has 0 bridgehead atoms. The maximum absolute atomic E-state index is 11.5. The van der Waals surface area contributed by atoms with Crippen LogP contribution in [0.4, 0.5) is 4.79 Å². The normalized spacial score (nSPS) is 12.8. The smallest absolute Gasteiger partial charge is 0.407 e. The average molecular weight is 245 g/mol. The third-order valence-corrected chi connectivity index (χ3v) is 2.03. The first kappa shape index (κ1) is 15.7. The van der Waals surface area contributed by atoms with Crippen LogP contribution in [0, 0.1) is 0 Å². The first-order chi connectivity index (χ1) is 7.65. The molecular weight excluding hydrogens is 222 g/mol. The fourth-order valence-corrected chi connectivity index (χ4v) is 1.13. The molecule has 0 saturated carbocycles. The van der Waals surface area contributed by atoms with E-state index in [0.29, 0.717) is 6.42 Å². The lowest BCUT2D eigenvalue weighted by molar-refractivity contribution is -0.130. The summed E-state index contributed by atoms with van der Waals surface area (Å²) >= 11 is 0. The molecule has 1 unspecified atom stereocenters. The molecule has 0 aromatic rings. The zero-order chi connectivity index (χ0) is 13.6. The number of hydrogen-bond donors (Lipinski definition) is 2. The summed E-state index contributed by atoms with van der Waals surface area (Å²) < 4.78 is 5.11. The summed E-state index contributed by atoms with van der Waals surface area (Å²) in [6, 6.07) is -0.261. The molecule has 0 spiro atoms. The Morgan fingerprint density at radius 2 is 1.94 bits per heavy atom. The van der Waals surface area contributed by atoms with Crippen molar-refractivity contribution >= 4 is 12.0 Å². The van der Waals surface area contributed by atoms with Crippen LogP contribution in [0.5, 0.6) is 0 Å². The SMILES string of the molecule is CCC(CC(=O)N(C)N)NC(=O)OC(C)(C)C. The zero-order valence-electron chi connectivity index (χ0n) is 11.2. The number of nitrogens with two attached hydrogens (primary N) is 1. The van der Waals surface area contributed by atoms with Crippen molar-refractivity contribution in [2.75, 3.05) is 7.05 Å². The summed E-state index contributed by atoms with van der Waals surface area (Å²) in [4.78, 5) is 22.9. The lowest BCUT2D eigenvalue weighted by Crippen LogP contribution is -2.43. The molecule has 6 nitrogen and oxygen atoms in total. The second-order valence-corrected chi connectivity index (χ2v) is 4.96. The number of alkyl carbamates (subject to hydrolysis) is 1. The van der Waals surface area contributed by atoms with E-state index in [4.69, 9.17) is 10.6 Å². The predicted octanol–water partition coefficient (Wildman–Crippen LogP) is 1.01. The van der Waals surface area contributed by atoms with Crippen LogP contribution in [0.2, 0.25) is 0 Å². The van der Waals surface area contributed by atoms with Gasteiger partial charge in [-0.05, 0) is 27.2 Å². The van der Waals surface area contributed by atoms with E-state index < -0.39 is 11.7 Å². The highest BCUT2D eigenvalue weighted by molar-refractivity contribution is 5.77. The van der Waals surface area contributed by atoms with Gasteiger partial charge >= 0.3 is 6.09 Å². The standard InChI is InChI=1S/C11H23N3O3/c1-6-8(7-9(15)14(5)12)13-10(16)17-11(2,3)4/h8H,6-7,12H2,1-5H3,(H,13,16). The Kier molecular flexibility index (Phi) is 5.95. The second kappa shape index (κ2) is 6.44. The molecule has 0 radical (unpaired) electrons. The Morgan fingerprint density at radius 3 is 2.29 bits per heavy atom. The van der Waals surface area contributed by atoms with Gasteiger partial charge in [-0.15, -0.1) is 0 Å². The van der Waals surface area contributed by atoms with Gasteiger partial charge in [0.25, 0.3) is 0 Å². The molecule has 0 heterocycles. The van der Waals surface area contributed by atoms with Gasteiger partial charge in [0.15, 0.2) is 0 Å². The molecule has 0 aromatic carbocycles. The summed E-state index contributed by atoms with van der Waals surface area (Å²) in [5.41, 5.74) is -0.545. The van der Waals surface area contributed by atoms with Crippen molar-refractivity contribution in [3.63, 3.8) is 0 Å². The summed E-state index contributed by atoms with van der Waals surface area (Å²) in [5, 5.41) is 3.66. The van der Waals surface area contributed by atoms with Crippen LogP contribution < -0.4 is 11.2 Å². The Hall–Kier alpha value is -1.30. The van der Waals surface area contributed by atoms with Crippen LogP contribution in [0.15, 0.2) is 0 Å². The average Bonchev–Trinajstić information content (AvgIpc) is 2.13. The zero-order valence-corrected chi connectivity index (χ0v) is 11.2. The molecule has 0 rings (SSSR count). The number of ether oxygens (including phenoxy) is 1. The lowest BCUT2D eigenvalue weighted by atomic mass is 10.1. The van der Waals surface area contributed by atoms with E-state index in [1.165, 1.54) is 7.05 Å². The number of carbonyl (C=O) groups excluding carboxylic acids is 2. The van der Waals surface area contributed by atoms with Gasteiger partial charge < -0.3 is 10.1 Å². The Morgan fingerprint density at radius 1 is 1.41 bits per heavy atom. The monoisotopic (exact) mass is 245 g/mol. The molecule has 0 aliphatic heterocycles. The van der Waals surface area contributed by atoms with E-state index in [0.717, 1.165) is 5.01 Å². The molecule has 0 fully saturated rings. The van der Waals surface area contributed by atoms with E-state index >= 15 is 0 Å². The summed E-state index contributed by atoms with van der Waals surface area (Å²) in [5.74, 6) is 5.08. The largest absolute Gasteiger partial charge is 0.444 e. The van der Waals surface area contributed by atoms with Crippen molar-refractivity contribution in [3.05, 3.63) is 0 Å². The minimum Gasteiger partial charge on any atom is -0.444 e. The first-order valence-electron chi connectivity index (χ1n) is 5.66. The van der Waals surface area contributed by atoms with Gasteiger partial charge in [0.1, 0.15) is 5.60 Å². The van der Waals surface area contributed by atoms with Crippen molar-refractivity contribution < 1.29 is 14.3 Å². The lowest BCUT2D eigenvalue weighted by Gasteiger charge is -2.23. The van der Waals surface area contributed by atoms with Crippen LogP contribution in [0.25, 0.3) is 0 Å². The number of carbonyl (C=O) groups is 2. The maximum Gasteiger partial charge on any atom is 0.407 e. The number of nitrogens with zero attached hydrogens (tertiary/aromatic N) is 1. The van der Waals surface area contributed by atoms with E-state index in [-0.39, 0.29) is 18.4 Å². The molecule has 0 aliphatic carbocycles. The van der Waals surface area contributed by atoms with E-state index in [1.54, 1.807) is 20.8 Å². The predicted molar refractivity (Wildman–Crippen MR) is 65.0 cm³/mol. The van der Waals surface area contributed by atoms with E-state index in [1.807, 2.05) is 6.92 Å². The van der Waals surface area contributed by atoms with Gasteiger partial charge in [0, 0.05) is 19.5 Å². The van der Waals surface area contributed by atoms with Crippen LogP contribution in [0.3, 0.4) is 0 Å². The number of rotatable bonds is 4. The molecule has 100 valence electrons. The Balaban J connectivity index is 4.22. The van der Waals surface area contributed by atoms with Crippen LogP contribution >= 0.6 is 0 Å². The quantitative estimate of drug-likeness (QED) is 0.440.